The highest BCUT2D eigenvalue weighted by atomic mass is 35.5. The van der Waals surface area contributed by atoms with E-state index in [4.69, 9.17) is 15.6 Å². The summed E-state index contributed by atoms with van der Waals surface area (Å²) in [6.45, 7) is 3.17. The van der Waals surface area contributed by atoms with Crippen LogP contribution in [0.3, 0.4) is 0 Å². The lowest BCUT2D eigenvalue weighted by molar-refractivity contribution is -0.168. The van der Waals surface area contributed by atoms with E-state index in [-0.39, 0.29) is 18.3 Å². The SMILES string of the molecule is CCCc1nc2c(N)nc3ccccc3c2n1CCCCCCCCCCCC(=O)N(C)OC.Cl. The number of nitrogens with zero attached hydrogens (tertiary/aromatic N) is 4. The normalized spacial score (nSPS) is 11.2. The first-order valence-electron chi connectivity index (χ1n) is 12.9. The van der Waals surface area contributed by atoms with Gasteiger partial charge in [-0.2, -0.15) is 0 Å². The number of halogens is 1. The topological polar surface area (TPSA) is 86.3 Å². The average Bonchev–Trinajstić information content (AvgIpc) is 3.21. The van der Waals surface area contributed by atoms with Crippen LogP contribution in [-0.2, 0) is 22.6 Å². The van der Waals surface area contributed by atoms with Crippen LogP contribution in [0.1, 0.15) is 83.4 Å². The molecule has 0 aliphatic carbocycles. The lowest BCUT2D eigenvalue weighted by Gasteiger charge is -2.13. The van der Waals surface area contributed by atoms with Gasteiger partial charge in [0.1, 0.15) is 11.3 Å². The quantitative estimate of drug-likeness (QED) is 0.190. The van der Waals surface area contributed by atoms with E-state index in [0.29, 0.717) is 12.2 Å². The van der Waals surface area contributed by atoms with Gasteiger partial charge in [0.2, 0.25) is 5.91 Å². The lowest BCUT2D eigenvalue weighted by atomic mass is 10.1. The maximum Gasteiger partial charge on any atom is 0.245 e. The molecule has 35 heavy (non-hydrogen) atoms. The second-order valence-corrected chi connectivity index (χ2v) is 9.15. The monoisotopic (exact) mass is 503 g/mol. The molecule has 0 atom stereocenters. The Morgan fingerprint density at radius 1 is 1.00 bits per heavy atom. The maximum atomic E-state index is 11.7. The van der Waals surface area contributed by atoms with Gasteiger partial charge in [-0.05, 0) is 25.3 Å². The third-order valence-electron chi connectivity index (χ3n) is 6.56. The fourth-order valence-corrected chi connectivity index (χ4v) is 4.60. The van der Waals surface area contributed by atoms with Crippen molar-refractivity contribution in [3.8, 4) is 0 Å². The summed E-state index contributed by atoms with van der Waals surface area (Å²) in [5, 5.41) is 2.45. The molecule has 0 fully saturated rings. The largest absolute Gasteiger partial charge is 0.382 e. The Balaban J connectivity index is 0.00000432. The molecule has 0 aliphatic heterocycles. The Labute approximate surface area is 215 Å². The van der Waals surface area contributed by atoms with Gasteiger partial charge in [0, 0.05) is 31.8 Å². The van der Waals surface area contributed by atoms with Crippen molar-refractivity contribution in [3.63, 3.8) is 0 Å². The number of carbonyl (C=O) groups is 1. The first-order valence-corrected chi connectivity index (χ1v) is 12.9. The Morgan fingerprint density at radius 2 is 1.63 bits per heavy atom. The molecule has 3 aromatic rings. The minimum atomic E-state index is 0. The molecule has 2 aromatic heterocycles. The fourth-order valence-electron chi connectivity index (χ4n) is 4.60. The number of hydrogen-bond acceptors (Lipinski definition) is 5. The first kappa shape index (κ1) is 28.9. The van der Waals surface area contributed by atoms with Gasteiger partial charge in [0.05, 0.1) is 18.1 Å². The Morgan fingerprint density at radius 3 is 2.29 bits per heavy atom. The van der Waals surface area contributed by atoms with Crippen molar-refractivity contribution < 1.29 is 9.63 Å². The fraction of sp³-hybridized carbons (Fsp3) is 0.593. The van der Waals surface area contributed by atoms with E-state index in [9.17, 15) is 4.79 Å². The van der Waals surface area contributed by atoms with E-state index in [1.54, 1.807) is 7.05 Å². The van der Waals surface area contributed by atoms with Crippen LogP contribution in [0.5, 0.6) is 0 Å². The van der Waals surface area contributed by atoms with Crippen LogP contribution in [0.25, 0.3) is 21.9 Å². The van der Waals surface area contributed by atoms with Crippen molar-refractivity contribution in [2.45, 2.75) is 90.5 Å². The summed E-state index contributed by atoms with van der Waals surface area (Å²) in [6, 6.07) is 8.22. The molecular formula is C27H42ClN5O2. The zero-order valence-electron chi connectivity index (χ0n) is 21.6. The minimum absolute atomic E-state index is 0. The van der Waals surface area contributed by atoms with Crippen LogP contribution in [0.4, 0.5) is 5.82 Å². The van der Waals surface area contributed by atoms with Crippen molar-refractivity contribution in [2.75, 3.05) is 19.9 Å². The van der Waals surface area contributed by atoms with Crippen LogP contribution in [0.2, 0.25) is 0 Å². The molecule has 2 N–H and O–H groups in total. The van der Waals surface area contributed by atoms with Crippen LogP contribution in [-0.4, -0.2) is 39.7 Å². The Bertz CT molecular complexity index is 1070. The number of aryl methyl sites for hydroxylation is 2. The molecule has 3 rings (SSSR count). The summed E-state index contributed by atoms with van der Waals surface area (Å²) in [4.78, 5) is 26.1. The number of imidazole rings is 1. The number of hydroxylamine groups is 2. The number of para-hydroxylation sites is 1. The highest BCUT2D eigenvalue weighted by molar-refractivity contribution is 6.06. The number of anilines is 1. The number of nitrogens with two attached hydrogens (primary N) is 1. The van der Waals surface area contributed by atoms with Crippen molar-refractivity contribution in [2.24, 2.45) is 0 Å². The molecule has 1 aromatic carbocycles. The maximum absolute atomic E-state index is 11.7. The van der Waals surface area contributed by atoms with Gasteiger partial charge in [-0.1, -0.05) is 70.1 Å². The van der Waals surface area contributed by atoms with E-state index in [2.05, 4.69) is 28.6 Å². The van der Waals surface area contributed by atoms with Gasteiger partial charge in [-0.3, -0.25) is 9.63 Å². The summed E-state index contributed by atoms with van der Waals surface area (Å²) in [7, 11) is 3.19. The number of carbonyl (C=O) groups excluding carboxylic acids is 1. The van der Waals surface area contributed by atoms with E-state index >= 15 is 0 Å². The summed E-state index contributed by atoms with van der Waals surface area (Å²) in [5.74, 6) is 1.71. The van der Waals surface area contributed by atoms with E-state index in [1.807, 2.05) is 12.1 Å². The highest BCUT2D eigenvalue weighted by Gasteiger charge is 2.16. The summed E-state index contributed by atoms with van der Waals surface area (Å²) in [6.07, 6.45) is 13.3. The van der Waals surface area contributed by atoms with Gasteiger partial charge in [-0.25, -0.2) is 15.0 Å². The van der Waals surface area contributed by atoms with Gasteiger partial charge in [-0.15, -0.1) is 12.4 Å². The number of unbranched alkanes of at least 4 members (excludes halogenated alkanes) is 8. The van der Waals surface area contributed by atoms with Gasteiger partial charge in [0.15, 0.2) is 5.82 Å². The van der Waals surface area contributed by atoms with Crippen LogP contribution >= 0.6 is 12.4 Å². The molecule has 0 bridgehead atoms. The highest BCUT2D eigenvalue weighted by Crippen LogP contribution is 2.29. The molecule has 2 heterocycles. The van der Waals surface area contributed by atoms with Crippen molar-refractivity contribution in [3.05, 3.63) is 30.1 Å². The number of amides is 1. The standard InChI is InChI=1S/C27H41N5O2.ClH/c1-4-16-23-30-25-26(21-17-13-14-18-22(21)29-27(25)28)32(23)20-15-11-9-7-5-6-8-10-12-19-24(33)31(2)34-3;/h13-14,17-18H,4-12,15-16,19-20H2,1-3H3,(H2,28,29);1H. The number of fused-ring (bicyclic) bond motifs is 3. The number of nitrogen functional groups attached to an aromatic ring is 1. The number of rotatable bonds is 15. The predicted octanol–water partition coefficient (Wildman–Crippen LogP) is 6.46. The Kier molecular flexibility index (Phi) is 12.3. The van der Waals surface area contributed by atoms with Crippen LogP contribution < -0.4 is 5.73 Å². The van der Waals surface area contributed by atoms with E-state index < -0.39 is 0 Å². The molecule has 0 spiro atoms. The minimum Gasteiger partial charge on any atom is -0.382 e. The summed E-state index contributed by atoms with van der Waals surface area (Å²) in [5.41, 5.74) is 9.20. The summed E-state index contributed by atoms with van der Waals surface area (Å²) < 4.78 is 2.39. The molecule has 194 valence electrons. The van der Waals surface area contributed by atoms with Crippen molar-refractivity contribution in [1.29, 1.82) is 0 Å². The third kappa shape index (κ3) is 7.80. The van der Waals surface area contributed by atoms with Crippen LogP contribution in [0, 0.1) is 0 Å². The lowest BCUT2D eigenvalue weighted by Crippen LogP contribution is -2.24. The predicted molar refractivity (Wildman–Crippen MR) is 147 cm³/mol. The molecule has 0 radical (unpaired) electrons. The van der Waals surface area contributed by atoms with Crippen molar-refractivity contribution in [1.82, 2.24) is 19.6 Å². The second kappa shape index (κ2) is 14.9. The van der Waals surface area contributed by atoms with Crippen LogP contribution in [0.15, 0.2) is 24.3 Å². The van der Waals surface area contributed by atoms with E-state index in [1.165, 1.54) is 50.7 Å². The molecule has 8 heteroatoms. The van der Waals surface area contributed by atoms with Gasteiger partial charge >= 0.3 is 0 Å². The molecule has 0 saturated heterocycles. The molecule has 7 nitrogen and oxygen atoms in total. The zero-order chi connectivity index (χ0) is 24.3. The smallest absolute Gasteiger partial charge is 0.245 e. The van der Waals surface area contributed by atoms with Gasteiger partial charge in [0.25, 0.3) is 0 Å². The Hall–Kier alpha value is -2.38. The molecular weight excluding hydrogens is 462 g/mol. The molecule has 1 amide bonds. The third-order valence-corrected chi connectivity index (χ3v) is 6.56. The molecule has 0 unspecified atom stereocenters. The molecule has 0 saturated carbocycles. The average molecular weight is 504 g/mol. The molecule has 0 aliphatic rings. The second-order valence-electron chi connectivity index (χ2n) is 9.15. The van der Waals surface area contributed by atoms with Gasteiger partial charge < -0.3 is 10.3 Å². The first-order chi connectivity index (χ1) is 16.6. The number of hydrogen-bond donors (Lipinski definition) is 1. The number of benzene rings is 1. The zero-order valence-corrected chi connectivity index (χ0v) is 22.4. The van der Waals surface area contributed by atoms with E-state index in [0.717, 1.165) is 66.4 Å². The van der Waals surface area contributed by atoms with Crippen molar-refractivity contribution >= 4 is 46.1 Å². The number of aromatic nitrogens is 3. The summed E-state index contributed by atoms with van der Waals surface area (Å²) >= 11 is 0. The number of pyridine rings is 1.